The number of carbonyl (C=O) groups is 1. The Labute approximate surface area is 130 Å². The van der Waals surface area contributed by atoms with Crippen molar-refractivity contribution in [3.8, 4) is 0 Å². The van der Waals surface area contributed by atoms with Crippen LogP contribution in [-0.4, -0.2) is 17.7 Å². The molecule has 0 N–H and O–H groups in total. The first-order valence-corrected chi connectivity index (χ1v) is 7.15. The van der Waals surface area contributed by atoms with Crippen LogP contribution in [0.5, 0.6) is 0 Å². The predicted molar refractivity (Wildman–Crippen MR) is 86.3 cm³/mol. The van der Waals surface area contributed by atoms with E-state index in [9.17, 15) is 4.79 Å². The average Bonchev–Trinajstić information content (AvgIpc) is 2.92. The third-order valence-electron chi connectivity index (χ3n) is 2.98. The highest BCUT2D eigenvalue weighted by Crippen LogP contribution is 2.12. The van der Waals surface area contributed by atoms with Crippen molar-refractivity contribution in [2.45, 2.75) is 20.8 Å². The Hall–Kier alpha value is -2.62. The normalized spacial score (nSPS) is 11.9. The molecule has 0 saturated heterocycles. The van der Waals surface area contributed by atoms with Crippen molar-refractivity contribution >= 4 is 18.1 Å². The van der Waals surface area contributed by atoms with Crippen molar-refractivity contribution in [2.75, 3.05) is 6.61 Å². The van der Waals surface area contributed by atoms with Crippen LogP contribution in [0.15, 0.2) is 46.5 Å². The van der Waals surface area contributed by atoms with Gasteiger partial charge in [-0.15, -0.1) is 0 Å². The van der Waals surface area contributed by atoms with E-state index in [0.29, 0.717) is 12.2 Å². The van der Waals surface area contributed by atoms with Crippen molar-refractivity contribution in [3.63, 3.8) is 0 Å². The van der Waals surface area contributed by atoms with E-state index in [1.165, 1.54) is 0 Å². The second-order valence-corrected chi connectivity index (χ2v) is 4.93. The van der Waals surface area contributed by atoms with Crippen LogP contribution in [0.3, 0.4) is 0 Å². The molecule has 0 radical (unpaired) electrons. The van der Waals surface area contributed by atoms with Crippen LogP contribution in [-0.2, 0) is 4.74 Å². The summed E-state index contributed by atoms with van der Waals surface area (Å²) in [6, 6.07) is 9.19. The maximum Gasteiger partial charge on any atom is 0.338 e. The Morgan fingerprint density at radius 1 is 1.32 bits per heavy atom. The number of aryl methyl sites for hydroxylation is 1. The molecule has 0 saturated carbocycles. The van der Waals surface area contributed by atoms with Gasteiger partial charge in [0.05, 0.1) is 12.2 Å². The van der Waals surface area contributed by atoms with Crippen molar-refractivity contribution in [3.05, 3.63) is 64.6 Å². The molecule has 0 aliphatic heterocycles. The fraction of sp³-hybridized carbons (Fsp3) is 0.222. The third-order valence-corrected chi connectivity index (χ3v) is 2.98. The molecular weight excluding hydrogens is 278 g/mol. The molecule has 0 atom stereocenters. The van der Waals surface area contributed by atoms with Gasteiger partial charge in [-0.25, -0.2) is 4.79 Å². The molecule has 4 heteroatoms. The first-order chi connectivity index (χ1) is 10.6. The molecule has 4 nitrogen and oxygen atoms in total. The first kappa shape index (κ1) is 15.8. The lowest BCUT2D eigenvalue weighted by molar-refractivity contribution is 0.0526. The summed E-state index contributed by atoms with van der Waals surface area (Å²) in [6.45, 7) is 6.04. The molecule has 0 spiro atoms. The van der Waals surface area contributed by atoms with Crippen LogP contribution in [0.2, 0.25) is 0 Å². The minimum atomic E-state index is -0.295. The number of carbonyl (C=O) groups excluding carboxylic acids is 1. The van der Waals surface area contributed by atoms with Crippen LogP contribution >= 0.6 is 0 Å². The third kappa shape index (κ3) is 4.45. The lowest BCUT2D eigenvalue weighted by Gasteiger charge is -2.02. The van der Waals surface area contributed by atoms with E-state index in [0.717, 1.165) is 22.6 Å². The molecule has 0 fully saturated rings. The average molecular weight is 297 g/mol. The van der Waals surface area contributed by atoms with Gasteiger partial charge in [0.25, 0.3) is 0 Å². The van der Waals surface area contributed by atoms with Gasteiger partial charge < -0.3 is 9.26 Å². The Morgan fingerprint density at radius 2 is 2.05 bits per heavy atom. The number of benzene rings is 1. The van der Waals surface area contributed by atoms with Crippen molar-refractivity contribution in [1.29, 1.82) is 0 Å². The van der Waals surface area contributed by atoms with Crippen LogP contribution in [0.25, 0.3) is 12.2 Å². The fourth-order valence-electron chi connectivity index (χ4n) is 1.92. The van der Waals surface area contributed by atoms with E-state index >= 15 is 0 Å². The standard InChI is InChI=1S/C18H19NO3/c1-4-21-18(20)16-8-6-15(7-9-16)11-13(2)5-10-17-12-14(3)22-19-17/h5-12H,4H2,1-3H3/b10-5+,13-11+. The largest absolute Gasteiger partial charge is 0.462 e. The van der Waals surface area contributed by atoms with Gasteiger partial charge in [-0.2, -0.15) is 0 Å². The van der Waals surface area contributed by atoms with Crippen LogP contribution < -0.4 is 0 Å². The SMILES string of the molecule is CCOC(=O)c1ccc(/C=C(C)/C=C/c2cc(C)on2)cc1. The minimum Gasteiger partial charge on any atom is -0.462 e. The summed E-state index contributed by atoms with van der Waals surface area (Å²) in [5.74, 6) is 0.492. The molecule has 0 amide bonds. The van der Waals surface area contributed by atoms with Crippen LogP contribution in [0.1, 0.15) is 41.2 Å². The quantitative estimate of drug-likeness (QED) is 0.610. The summed E-state index contributed by atoms with van der Waals surface area (Å²) >= 11 is 0. The van der Waals surface area contributed by atoms with E-state index in [2.05, 4.69) is 5.16 Å². The zero-order chi connectivity index (χ0) is 15.9. The second kappa shape index (κ2) is 7.41. The van der Waals surface area contributed by atoms with Gasteiger partial charge in [0.2, 0.25) is 0 Å². The summed E-state index contributed by atoms with van der Waals surface area (Å²) in [4.78, 5) is 11.6. The molecule has 0 bridgehead atoms. The molecule has 2 aromatic rings. The number of allylic oxidation sites excluding steroid dienone is 2. The lowest BCUT2D eigenvalue weighted by Crippen LogP contribution is -2.03. The number of hydrogen-bond acceptors (Lipinski definition) is 4. The second-order valence-electron chi connectivity index (χ2n) is 4.93. The molecule has 1 heterocycles. The summed E-state index contributed by atoms with van der Waals surface area (Å²) in [5, 5.41) is 3.90. The van der Waals surface area contributed by atoms with E-state index in [4.69, 9.17) is 9.26 Å². The molecule has 1 aromatic heterocycles. The number of esters is 1. The molecular formula is C18H19NO3. The molecule has 114 valence electrons. The monoisotopic (exact) mass is 297 g/mol. The summed E-state index contributed by atoms with van der Waals surface area (Å²) < 4.78 is 9.96. The van der Waals surface area contributed by atoms with Crippen molar-refractivity contribution in [2.24, 2.45) is 0 Å². The maximum absolute atomic E-state index is 11.6. The van der Waals surface area contributed by atoms with Crippen LogP contribution in [0.4, 0.5) is 0 Å². The highest BCUT2D eigenvalue weighted by atomic mass is 16.5. The van der Waals surface area contributed by atoms with E-state index in [1.54, 1.807) is 19.1 Å². The molecule has 2 rings (SSSR count). The fourth-order valence-corrected chi connectivity index (χ4v) is 1.92. The molecule has 1 aromatic carbocycles. The number of ether oxygens (including phenoxy) is 1. The molecule has 22 heavy (non-hydrogen) atoms. The lowest BCUT2D eigenvalue weighted by atomic mass is 10.1. The van der Waals surface area contributed by atoms with E-state index < -0.39 is 0 Å². The Bertz CT molecular complexity index is 693. The van der Waals surface area contributed by atoms with E-state index in [-0.39, 0.29) is 5.97 Å². The molecule has 0 unspecified atom stereocenters. The van der Waals surface area contributed by atoms with E-state index in [1.807, 2.05) is 50.3 Å². The Morgan fingerprint density at radius 3 is 2.64 bits per heavy atom. The maximum atomic E-state index is 11.6. The van der Waals surface area contributed by atoms with Gasteiger partial charge in [0.1, 0.15) is 11.5 Å². The number of aromatic nitrogens is 1. The molecule has 0 aliphatic carbocycles. The van der Waals surface area contributed by atoms with Crippen molar-refractivity contribution in [1.82, 2.24) is 5.16 Å². The topological polar surface area (TPSA) is 52.3 Å². The summed E-state index contributed by atoms with van der Waals surface area (Å²) in [5.41, 5.74) is 3.45. The summed E-state index contributed by atoms with van der Waals surface area (Å²) in [6.07, 6.45) is 5.89. The summed E-state index contributed by atoms with van der Waals surface area (Å²) in [7, 11) is 0. The first-order valence-electron chi connectivity index (χ1n) is 7.15. The van der Waals surface area contributed by atoms with Crippen LogP contribution in [0, 0.1) is 6.92 Å². The smallest absolute Gasteiger partial charge is 0.338 e. The number of hydrogen-bond donors (Lipinski definition) is 0. The van der Waals surface area contributed by atoms with Gasteiger partial charge in [-0.05, 0) is 44.5 Å². The Kier molecular flexibility index (Phi) is 5.31. The number of nitrogens with zero attached hydrogens (tertiary/aromatic N) is 1. The predicted octanol–water partition coefficient (Wildman–Crippen LogP) is 4.28. The Balaban J connectivity index is 2.05. The van der Waals surface area contributed by atoms with Crippen molar-refractivity contribution < 1.29 is 14.1 Å². The zero-order valence-electron chi connectivity index (χ0n) is 13.0. The minimum absolute atomic E-state index is 0.295. The highest BCUT2D eigenvalue weighted by Gasteiger charge is 2.04. The zero-order valence-corrected chi connectivity index (χ0v) is 13.0. The number of rotatable bonds is 5. The van der Waals surface area contributed by atoms with Gasteiger partial charge in [-0.1, -0.05) is 35.0 Å². The van der Waals surface area contributed by atoms with Gasteiger partial charge in [0, 0.05) is 6.07 Å². The highest BCUT2D eigenvalue weighted by molar-refractivity contribution is 5.89. The van der Waals surface area contributed by atoms with Gasteiger partial charge in [0.15, 0.2) is 0 Å². The van der Waals surface area contributed by atoms with Gasteiger partial charge in [-0.3, -0.25) is 0 Å². The van der Waals surface area contributed by atoms with Gasteiger partial charge >= 0.3 is 5.97 Å². The molecule has 0 aliphatic rings.